The highest BCUT2D eigenvalue weighted by Gasteiger charge is 2.34. The van der Waals surface area contributed by atoms with Crippen LogP contribution in [0.25, 0.3) is 0 Å². The van der Waals surface area contributed by atoms with Gasteiger partial charge >= 0.3 is 12.2 Å². The first-order valence-corrected chi connectivity index (χ1v) is 9.81. The number of hydrogen-bond donors (Lipinski definition) is 3. The SMILES string of the molecule is CC1=CC(c2ccccc2C(F)(F)F)=NN(/C(=C\N)C(=O)Nc2ccnc(OC(C)C)n2)N1. The monoisotopic (exact) mass is 461 g/mol. The van der Waals surface area contributed by atoms with E-state index in [1.54, 1.807) is 20.8 Å². The van der Waals surface area contributed by atoms with Crippen molar-refractivity contribution in [3.63, 3.8) is 0 Å². The Morgan fingerprint density at radius 3 is 2.67 bits per heavy atom. The van der Waals surface area contributed by atoms with Crippen molar-refractivity contribution in [3.05, 3.63) is 71.3 Å². The summed E-state index contributed by atoms with van der Waals surface area (Å²) in [5, 5.41) is 7.70. The molecule has 0 bridgehead atoms. The zero-order valence-corrected chi connectivity index (χ0v) is 18.0. The number of aromatic nitrogens is 2. The molecule has 1 aliphatic rings. The number of carbonyl (C=O) groups excluding carboxylic acids is 1. The summed E-state index contributed by atoms with van der Waals surface area (Å²) < 4.78 is 45.8. The number of halogens is 3. The van der Waals surface area contributed by atoms with E-state index in [-0.39, 0.29) is 34.9 Å². The molecule has 3 rings (SSSR count). The molecule has 1 aromatic heterocycles. The van der Waals surface area contributed by atoms with Crippen LogP contribution in [0.1, 0.15) is 31.9 Å². The summed E-state index contributed by atoms with van der Waals surface area (Å²) in [4.78, 5) is 20.9. The van der Waals surface area contributed by atoms with Crippen LogP contribution < -0.4 is 21.2 Å². The van der Waals surface area contributed by atoms with Crippen molar-refractivity contribution in [1.29, 1.82) is 0 Å². The number of rotatable bonds is 6. The third-order valence-corrected chi connectivity index (χ3v) is 4.19. The molecular formula is C21H22F3N7O2. The average Bonchev–Trinajstić information content (AvgIpc) is 2.73. The second-order valence-electron chi connectivity index (χ2n) is 7.18. The maximum absolute atomic E-state index is 13.5. The van der Waals surface area contributed by atoms with Crippen LogP contribution in [0, 0.1) is 0 Å². The van der Waals surface area contributed by atoms with Crippen molar-refractivity contribution >= 4 is 17.4 Å². The van der Waals surface area contributed by atoms with Crippen molar-refractivity contribution < 1.29 is 22.7 Å². The number of hydrazine groups is 1. The summed E-state index contributed by atoms with van der Waals surface area (Å²) in [5.74, 6) is -0.568. The molecule has 9 nitrogen and oxygen atoms in total. The van der Waals surface area contributed by atoms with Gasteiger partial charge in [-0.1, -0.05) is 18.2 Å². The first-order chi connectivity index (χ1) is 15.6. The number of alkyl halides is 3. The van der Waals surface area contributed by atoms with E-state index < -0.39 is 17.6 Å². The third-order valence-electron chi connectivity index (χ3n) is 4.19. The molecule has 2 aromatic rings. The molecular weight excluding hydrogens is 439 g/mol. The predicted molar refractivity (Wildman–Crippen MR) is 115 cm³/mol. The number of hydrazone groups is 1. The molecule has 0 fully saturated rings. The van der Waals surface area contributed by atoms with Gasteiger partial charge in [0.15, 0.2) is 5.70 Å². The molecule has 2 heterocycles. The molecule has 0 aliphatic carbocycles. The van der Waals surface area contributed by atoms with E-state index in [0.717, 1.165) is 17.4 Å². The second kappa shape index (κ2) is 9.59. The number of nitrogens with one attached hydrogen (secondary N) is 2. The van der Waals surface area contributed by atoms with Gasteiger partial charge in [-0.05, 0) is 39.0 Å². The Hall–Kier alpha value is -4.09. The van der Waals surface area contributed by atoms with Crippen LogP contribution in [0.5, 0.6) is 6.01 Å². The quantitative estimate of drug-likeness (QED) is 0.566. The maximum atomic E-state index is 13.5. The zero-order chi connectivity index (χ0) is 24.2. The number of anilines is 1. The van der Waals surface area contributed by atoms with Gasteiger partial charge in [0.2, 0.25) is 0 Å². The fraction of sp³-hybridized carbons (Fsp3) is 0.238. The van der Waals surface area contributed by atoms with Gasteiger partial charge in [-0.15, -0.1) is 0 Å². The Kier molecular flexibility index (Phi) is 6.85. The normalized spacial score (nSPS) is 14.4. The van der Waals surface area contributed by atoms with Crippen LogP contribution in [-0.2, 0) is 11.0 Å². The van der Waals surface area contributed by atoms with Crippen molar-refractivity contribution in [2.75, 3.05) is 5.32 Å². The van der Waals surface area contributed by atoms with Crippen LogP contribution in [0.2, 0.25) is 0 Å². The molecule has 0 atom stereocenters. The van der Waals surface area contributed by atoms with Crippen LogP contribution in [0.4, 0.5) is 19.0 Å². The van der Waals surface area contributed by atoms with Crippen LogP contribution in [-0.4, -0.2) is 32.8 Å². The summed E-state index contributed by atoms with van der Waals surface area (Å²) in [6.07, 6.45) is -0.932. The van der Waals surface area contributed by atoms with E-state index in [9.17, 15) is 18.0 Å². The highest BCUT2D eigenvalue weighted by Crippen LogP contribution is 2.33. The number of hydrogen-bond acceptors (Lipinski definition) is 8. The number of allylic oxidation sites excluding steroid dienone is 2. The van der Waals surface area contributed by atoms with E-state index in [2.05, 4.69) is 25.8 Å². The first kappa shape index (κ1) is 23.6. The number of ether oxygens (including phenoxy) is 1. The standard InChI is InChI=1S/C21H22F3N7O2/c1-12(2)33-20-26-9-8-18(28-20)27-19(32)17(11-25)31-29-13(3)10-16(30-31)14-6-4-5-7-15(14)21(22,23)24/h4-12,29H,25H2,1-3H3,(H,26,27,28,32)/b17-11-. The van der Waals surface area contributed by atoms with Gasteiger partial charge in [-0.25, -0.2) is 4.98 Å². The van der Waals surface area contributed by atoms with Crippen molar-refractivity contribution in [1.82, 2.24) is 20.5 Å². The number of nitrogens with zero attached hydrogens (tertiary/aromatic N) is 4. The Balaban J connectivity index is 1.88. The van der Waals surface area contributed by atoms with Gasteiger partial charge in [0, 0.05) is 23.7 Å². The average molecular weight is 461 g/mol. The van der Waals surface area contributed by atoms with Crippen LogP contribution >= 0.6 is 0 Å². The Morgan fingerprint density at radius 1 is 1.27 bits per heavy atom. The molecule has 174 valence electrons. The van der Waals surface area contributed by atoms with Gasteiger partial charge in [0.1, 0.15) is 5.82 Å². The summed E-state index contributed by atoms with van der Waals surface area (Å²) >= 11 is 0. The van der Waals surface area contributed by atoms with Gasteiger partial charge in [-0.2, -0.15) is 28.4 Å². The predicted octanol–water partition coefficient (Wildman–Crippen LogP) is 3.15. The first-order valence-electron chi connectivity index (χ1n) is 9.81. The molecule has 0 spiro atoms. The van der Waals surface area contributed by atoms with Gasteiger partial charge in [0.25, 0.3) is 5.91 Å². The third kappa shape index (κ3) is 5.79. The largest absolute Gasteiger partial charge is 0.461 e. The Labute approximate surface area is 187 Å². The molecule has 1 aliphatic heterocycles. The molecule has 0 saturated heterocycles. The van der Waals surface area contributed by atoms with Crippen LogP contribution in [0.3, 0.4) is 0 Å². The Morgan fingerprint density at radius 2 is 2.00 bits per heavy atom. The lowest BCUT2D eigenvalue weighted by Crippen LogP contribution is -2.40. The topological polar surface area (TPSA) is 118 Å². The van der Waals surface area contributed by atoms with E-state index in [0.29, 0.717) is 5.70 Å². The fourth-order valence-corrected chi connectivity index (χ4v) is 2.87. The minimum absolute atomic E-state index is 0.000908. The lowest BCUT2D eigenvalue weighted by atomic mass is 10.0. The molecule has 1 amide bonds. The minimum atomic E-state index is -4.58. The van der Waals surface area contributed by atoms with Crippen molar-refractivity contribution in [2.24, 2.45) is 10.8 Å². The van der Waals surface area contributed by atoms with E-state index in [1.165, 1.54) is 36.5 Å². The van der Waals surface area contributed by atoms with E-state index >= 15 is 0 Å². The highest BCUT2D eigenvalue weighted by molar-refractivity contribution is 6.11. The van der Waals surface area contributed by atoms with E-state index in [1.807, 2.05) is 0 Å². The van der Waals surface area contributed by atoms with Crippen molar-refractivity contribution in [2.45, 2.75) is 33.1 Å². The number of benzene rings is 1. The summed E-state index contributed by atoms with van der Waals surface area (Å²) in [6, 6.07) is 6.55. The summed E-state index contributed by atoms with van der Waals surface area (Å²) in [6.45, 7) is 5.21. The molecule has 12 heteroatoms. The van der Waals surface area contributed by atoms with Crippen molar-refractivity contribution in [3.8, 4) is 6.01 Å². The van der Waals surface area contributed by atoms with Crippen LogP contribution in [0.15, 0.2) is 65.3 Å². The molecule has 0 saturated carbocycles. The second-order valence-corrected chi connectivity index (χ2v) is 7.18. The summed E-state index contributed by atoms with van der Waals surface area (Å²) in [7, 11) is 0. The van der Waals surface area contributed by atoms with Gasteiger partial charge < -0.3 is 15.8 Å². The fourth-order valence-electron chi connectivity index (χ4n) is 2.87. The molecule has 0 radical (unpaired) electrons. The molecule has 4 N–H and O–H groups in total. The summed E-state index contributed by atoms with van der Waals surface area (Å²) in [5.41, 5.74) is 7.72. The number of carbonyl (C=O) groups is 1. The van der Waals surface area contributed by atoms with E-state index in [4.69, 9.17) is 10.5 Å². The smallest absolute Gasteiger partial charge is 0.417 e. The molecule has 33 heavy (non-hydrogen) atoms. The maximum Gasteiger partial charge on any atom is 0.417 e. The zero-order valence-electron chi connectivity index (χ0n) is 18.0. The number of amides is 1. The Bertz CT molecular complexity index is 1130. The number of nitrogens with two attached hydrogens (primary N) is 1. The molecule has 1 aromatic carbocycles. The highest BCUT2D eigenvalue weighted by atomic mass is 19.4. The lowest BCUT2D eigenvalue weighted by Gasteiger charge is -2.27. The lowest BCUT2D eigenvalue weighted by molar-refractivity contribution is -0.137. The minimum Gasteiger partial charge on any atom is -0.461 e. The molecule has 0 unspecified atom stereocenters. The van der Waals surface area contributed by atoms with Gasteiger partial charge in [-0.3, -0.25) is 10.2 Å². The van der Waals surface area contributed by atoms with Gasteiger partial charge in [0.05, 0.1) is 17.4 Å².